The van der Waals surface area contributed by atoms with Gasteiger partial charge in [0.25, 0.3) is 0 Å². The molecule has 1 aromatic heterocycles. The lowest BCUT2D eigenvalue weighted by atomic mass is 9.95. The van der Waals surface area contributed by atoms with Gasteiger partial charge < -0.3 is 29.5 Å². The monoisotopic (exact) mass is 767 g/mol. The van der Waals surface area contributed by atoms with Gasteiger partial charge in [0.2, 0.25) is 0 Å². The number of ether oxygens (including phenoxy) is 4. The number of likely N-dealkylation sites (tertiary alicyclic amines) is 1. The Hall–Kier alpha value is -4.42. The number of hydrogen-bond acceptors (Lipinski definition) is 9. The first-order valence-corrected chi connectivity index (χ1v) is 18.3. The second kappa shape index (κ2) is 18.6. The first-order valence-electron chi connectivity index (χ1n) is 17.5. The first kappa shape index (κ1) is 39.8. The highest BCUT2D eigenvalue weighted by molar-refractivity contribution is 6.35. The molecule has 0 aliphatic carbocycles. The van der Waals surface area contributed by atoms with Gasteiger partial charge in [0, 0.05) is 30.6 Å². The molecule has 3 aromatic carbocycles. The summed E-state index contributed by atoms with van der Waals surface area (Å²) in [6.07, 6.45) is 2.70. The van der Waals surface area contributed by atoms with Gasteiger partial charge in [-0.2, -0.15) is 4.73 Å². The van der Waals surface area contributed by atoms with Gasteiger partial charge in [-0.3, -0.25) is 4.90 Å². The average molecular weight is 769 g/mol. The van der Waals surface area contributed by atoms with Gasteiger partial charge >= 0.3 is 11.9 Å². The molecule has 53 heavy (non-hydrogen) atoms. The molecule has 282 valence electrons. The molecule has 10 nitrogen and oxygen atoms in total. The lowest BCUT2D eigenvalue weighted by Crippen LogP contribution is -2.46. The van der Waals surface area contributed by atoms with Gasteiger partial charge in [0.1, 0.15) is 34.1 Å². The summed E-state index contributed by atoms with van der Waals surface area (Å²) in [4.78, 5) is 29.3. The number of aromatic nitrogens is 1. The van der Waals surface area contributed by atoms with Crippen LogP contribution in [0.5, 0.6) is 11.5 Å². The second-order valence-corrected chi connectivity index (χ2v) is 13.8. The zero-order chi connectivity index (χ0) is 38.1. The Morgan fingerprint density at radius 3 is 2.38 bits per heavy atom. The summed E-state index contributed by atoms with van der Waals surface area (Å²) >= 11 is 12.8. The summed E-state index contributed by atoms with van der Waals surface area (Å²) in [7, 11) is 3.02. The van der Waals surface area contributed by atoms with E-state index in [9.17, 15) is 19.2 Å². The number of carbonyl (C=O) groups excluding carboxylic acids is 2. The molecule has 1 aliphatic heterocycles. The highest BCUT2D eigenvalue weighted by atomic mass is 35.5. The van der Waals surface area contributed by atoms with E-state index in [0.717, 1.165) is 25.1 Å². The summed E-state index contributed by atoms with van der Waals surface area (Å²) in [6, 6.07) is 17.2. The molecule has 1 N–H and O–H groups in total. The van der Waals surface area contributed by atoms with Crippen molar-refractivity contribution in [1.29, 1.82) is 0 Å². The number of hydrogen-bond donors (Lipinski definition) is 1. The molecule has 5 rings (SSSR count). The SMILES string of the molecule is CCN1CCC(C)[C@@H](OC(=O)C(NCCc2ccc(C(=O)O[C@@H](Cc3c(Cl)c[n+]([O-])cc3Cl)c3ccc(OC)c(OC)c3)cc2)c2ccccc2F)C1. The number of rotatable bonds is 15. The average Bonchev–Trinajstić information content (AvgIpc) is 3.15. The van der Waals surface area contributed by atoms with Crippen LogP contribution in [-0.2, 0) is 27.1 Å². The molecule has 0 spiro atoms. The Labute approximate surface area is 319 Å². The first-order chi connectivity index (χ1) is 25.5. The minimum absolute atomic E-state index is 0.0750. The zero-order valence-electron chi connectivity index (χ0n) is 30.2. The summed E-state index contributed by atoms with van der Waals surface area (Å²) in [5.74, 6) is -0.482. The van der Waals surface area contributed by atoms with E-state index in [1.165, 1.54) is 32.7 Å². The normalized spacial score (nSPS) is 17.1. The van der Waals surface area contributed by atoms with Crippen LogP contribution in [-0.4, -0.2) is 63.3 Å². The molecule has 0 saturated carbocycles. The highest BCUT2D eigenvalue weighted by Crippen LogP contribution is 2.35. The zero-order valence-corrected chi connectivity index (χ0v) is 31.7. The van der Waals surface area contributed by atoms with Crippen molar-refractivity contribution in [2.45, 2.75) is 51.4 Å². The molecule has 0 radical (unpaired) electrons. The van der Waals surface area contributed by atoms with Crippen molar-refractivity contribution in [2.24, 2.45) is 5.92 Å². The van der Waals surface area contributed by atoms with Crippen LogP contribution in [0.2, 0.25) is 10.0 Å². The van der Waals surface area contributed by atoms with Gasteiger partial charge in [-0.15, -0.1) is 0 Å². The summed E-state index contributed by atoms with van der Waals surface area (Å²) in [6.45, 7) is 6.96. The fourth-order valence-corrected chi connectivity index (χ4v) is 6.94. The van der Waals surface area contributed by atoms with E-state index in [1.54, 1.807) is 60.7 Å². The molecule has 4 atom stereocenters. The van der Waals surface area contributed by atoms with E-state index in [2.05, 4.69) is 24.1 Å². The topological polar surface area (TPSA) is 113 Å². The van der Waals surface area contributed by atoms with E-state index in [0.29, 0.717) is 52.4 Å². The number of nitrogens with one attached hydrogen (secondary N) is 1. The van der Waals surface area contributed by atoms with Gasteiger partial charge in [-0.25, -0.2) is 14.0 Å². The maximum Gasteiger partial charge on any atom is 0.338 e. The van der Waals surface area contributed by atoms with Crippen molar-refractivity contribution < 1.29 is 37.7 Å². The third-order valence-electron chi connectivity index (χ3n) is 9.57. The number of piperidine rings is 1. The van der Waals surface area contributed by atoms with Crippen molar-refractivity contribution in [2.75, 3.05) is 40.4 Å². The fourth-order valence-electron chi connectivity index (χ4n) is 6.34. The summed E-state index contributed by atoms with van der Waals surface area (Å²) < 4.78 is 38.3. The number of nitrogens with zero attached hydrogens (tertiary/aromatic N) is 2. The lowest BCUT2D eigenvalue weighted by molar-refractivity contribution is -0.605. The van der Waals surface area contributed by atoms with Crippen LogP contribution in [0, 0.1) is 16.9 Å². The smallest absolute Gasteiger partial charge is 0.338 e. The number of carbonyl (C=O) groups is 2. The van der Waals surface area contributed by atoms with Crippen molar-refractivity contribution in [3.63, 3.8) is 0 Å². The predicted octanol–water partition coefficient (Wildman–Crippen LogP) is 7.07. The van der Waals surface area contributed by atoms with Gasteiger partial charge in [0.05, 0.1) is 19.8 Å². The van der Waals surface area contributed by atoms with Crippen LogP contribution in [0.3, 0.4) is 0 Å². The van der Waals surface area contributed by atoms with E-state index in [-0.39, 0.29) is 34.1 Å². The van der Waals surface area contributed by atoms with Gasteiger partial charge in [-0.1, -0.05) is 73.4 Å². The van der Waals surface area contributed by atoms with Crippen LogP contribution < -0.4 is 19.5 Å². The fraction of sp³-hybridized carbons (Fsp3) is 0.375. The van der Waals surface area contributed by atoms with Crippen molar-refractivity contribution >= 4 is 35.1 Å². The Balaban J connectivity index is 1.27. The quantitative estimate of drug-likeness (QED) is 0.0771. The third kappa shape index (κ3) is 10.2. The maximum absolute atomic E-state index is 15.0. The molecule has 13 heteroatoms. The molecule has 4 aromatic rings. The number of benzene rings is 3. The third-order valence-corrected chi connectivity index (χ3v) is 10.2. The van der Waals surface area contributed by atoms with Crippen molar-refractivity contribution in [3.8, 4) is 11.5 Å². The van der Waals surface area contributed by atoms with Crippen LogP contribution in [0.15, 0.2) is 79.1 Å². The summed E-state index contributed by atoms with van der Waals surface area (Å²) in [5.41, 5.74) is 2.42. The van der Waals surface area contributed by atoms with Crippen molar-refractivity contribution in [3.05, 3.63) is 128 Å². The number of esters is 2. The number of pyridine rings is 1. The molecule has 1 saturated heterocycles. The predicted molar refractivity (Wildman–Crippen MR) is 200 cm³/mol. The second-order valence-electron chi connectivity index (χ2n) is 13.0. The van der Waals surface area contributed by atoms with Crippen LogP contribution >= 0.6 is 23.2 Å². The van der Waals surface area contributed by atoms with Crippen LogP contribution in [0.4, 0.5) is 4.39 Å². The Morgan fingerprint density at radius 1 is 1.02 bits per heavy atom. The van der Waals surface area contributed by atoms with Crippen LogP contribution in [0.25, 0.3) is 0 Å². The Morgan fingerprint density at radius 2 is 1.72 bits per heavy atom. The molecule has 1 fully saturated rings. The van der Waals surface area contributed by atoms with E-state index < -0.39 is 29.9 Å². The summed E-state index contributed by atoms with van der Waals surface area (Å²) in [5, 5.41) is 15.3. The largest absolute Gasteiger partial charge is 0.619 e. The number of likely N-dealkylation sites (N-methyl/N-ethyl adjacent to an activating group) is 1. The highest BCUT2D eigenvalue weighted by Gasteiger charge is 2.33. The molecule has 1 aliphatic rings. The van der Waals surface area contributed by atoms with Gasteiger partial charge in [0.15, 0.2) is 23.9 Å². The lowest BCUT2D eigenvalue weighted by Gasteiger charge is -2.36. The van der Waals surface area contributed by atoms with E-state index >= 15 is 0 Å². The molecule has 2 heterocycles. The Bertz CT molecular complexity index is 1860. The minimum atomic E-state index is -0.992. The number of halogens is 3. The molecular formula is C40H44Cl2FN3O7. The van der Waals surface area contributed by atoms with Crippen molar-refractivity contribution in [1.82, 2.24) is 10.2 Å². The Kier molecular flexibility index (Phi) is 13.9. The maximum atomic E-state index is 15.0. The molecular weight excluding hydrogens is 724 g/mol. The molecule has 0 amide bonds. The minimum Gasteiger partial charge on any atom is -0.619 e. The van der Waals surface area contributed by atoms with E-state index in [4.69, 9.17) is 42.1 Å². The van der Waals surface area contributed by atoms with E-state index in [1.807, 2.05) is 0 Å². The molecule has 2 unspecified atom stereocenters. The molecule has 0 bridgehead atoms. The number of methoxy groups -OCH3 is 2. The van der Waals surface area contributed by atoms with Crippen LogP contribution in [0.1, 0.15) is 65.0 Å². The standard InChI is InChI=1S/C40H44Cl2FN3O7/c1-5-45-19-17-25(2)37(24-45)53-40(48)38(29-8-6-7-9-33(29)43)44-18-16-26-10-12-27(13-11-26)39(47)52-35(21-30-31(41)22-46(49)23-32(30)42)28-14-15-34(50-3)36(20-28)51-4/h6-15,20,22-23,25,35,37-38,44H,5,16-19,21,24H2,1-4H3/t25?,35-,37-,38?/m0/s1. The van der Waals surface area contributed by atoms with Gasteiger partial charge in [-0.05, 0) is 73.3 Å².